The van der Waals surface area contributed by atoms with E-state index in [1.807, 2.05) is 62.4 Å². The molecule has 1 amide bonds. The number of nitrogens with one attached hydrogen (secondary N) is 2. The van der Waals surface area contributed by atoms with E-state index in [4.69, 9.17) is 4.74 Å². The lowest BCUT2D eigenvalue weighted by molar-refractivity contribution is 0.0394. The molecule has 148 valence electrons. The van der Waals surface area contributed by atoms with Crippen molar-refractivity contribution in [2.75, 3.05) is 44.7 Å². The molecule has 3 rings (SSSR count). The first-order valence-corrected chi connectivity index (χ1v) is 9.66. The molecular formula is C22H28N4O2. The van der Waals surface area contributed by atoms with Crippen molar-refractivity contribution in [3.63, 3.8) is 0 Å². The van der Waals surface area contributed by atoms with Gasteiger partial charge in [-0.05, 0) is 43.7 Å². The number of hydrogen-bond donors (Lipinski definition) is 2. The third kappa shape index (κ3) is 6.18. The number of aliphatic imine (C=N–C) groups is 1. The SMILES string of the molecule is Cc1ccc(C(=O)NC(=NCCN2CCOCC2)Nc2cccc(C)c2)cc1. The van der Waals surface area contributed by atoms with E-state index in [0.29, 0.717) is 18.1 Å². The van der Waals surface area contributed by atoms with Crippen LogP contribution in [0.15, 0.2) is 53.5 Å². The second-order valence-corrected chi connectivity index (χ2v) is 7.00. The zero-order valence-electron chi connectivity index (χ0n) is 16.6. The van der Waals surface area contributed by atoms with Crippen LogP contribution >= 0.6 is 0 Å². The van der Waals surface area contributed by atoms with Crippen molar-refractivity contribution in [2.24, 2.45) is 4.99 Å². The van der Waals surface area contributed by atoms with Gasteiger partial charge in [0.1, 0.15) is 0 Å². The van der Waals surface area contributed by atoms with Crippen LogP contribution in [0.1, 0.15) is 21.5 Å². The second-order valence-electron chi connectivity index (χ2n) is 7.00. The monoisotopic (exact) mass is 380 g/mol. The smallest absolute Gasteiger partial charge is 0.257 e. The summed E-state index contributed by atoms with van der Waals surface area (Å²) in [4.78, 5) is 19.6. The minimum absolute atomic E-state index is 0.176. The van der Waals surface area contributed by atoms with Crippen LogP contribution < -0.4 is 10.6 Å². The highest BCUT2D eigenvalue weighted by Gasteiger charge is 2.11. The number of amides is 1. The minimum Gasteiger partial charge on any atom is -0.379 e. The highest BCUT2D eigenvalue weighted by atomic mass is 16.5. The van der Waals surface area contributed by atoms with Crippen molar-refractivity contribution in [1.82, 2.24) is 10.2 Å². The van der Waals surface area contributed by atoms with E-state index in [2.05, 4.69) is 20.5 Å². The lowest BCUT2D eigenvalue weighted by Crippen LogP contribution is -2.39. The third-order valence-corrected chi connectivity index (χ3v) is 4.62. The first kappa shape index (κ1) is 20.0. The Morgan fingerprint density at radius 2 is 1.82 bits per heavy atom. The summed E-state index contributed by atoms with van der Waals surface area (Å²) in [6.07, 6.45) is 0. The third-order valence-electron chi connectivity index (χ3n) is 4.62. The molecule has 0 saturated carbocycles. The standard InChI is InChI=1S/C22H28N4O2/c1-17-6-8-19(9-7-17)21(27)25-22(24-20-5-3-4-18(2)16-20)23-10-11-26-12-14-28-15-13-26/h3-9,16H,10-15H2,1-2H3,(H2,23,24,25,27). The van der Waals surface area contributed by atoms with Gasteiger partial charge >= 0.3 is 0 Å². The number of morpholine rings is 1. The normalized spacial score (nSPS) is 15.3. The predicted octanol–water partition coefficient (Wildman–Crippen LogP) is 2.83. The van der Waals surface area contributed by atoms with E-state index < -0.39 is 0 Å². The van der Waals surface area contributed by atoms with Gasteiger partial charge in [0, 0.05) is 30.9 Å². The van der Waals surface area contributed by atoms with Crippen LogP contribution in [-0.4, -0.2) is 56.2 Å². The van der Waals surface area contributed by atoms with Crippen molar-refractivity contribution in [1.29, 1.82) is 0 Å². The van der Waals surface area contributed by atoms with Gasteiger partial charge in [0.15, 0.2) is 0 Å². The van der Waals surface area contributed by atoms with Crippen molar-refractivity contribution < 1.29 is 9.53 Å². The van der Waals surface area contributed by atoms with Crippen LogP contribution in [0.4, 0.5) is 5.69 Å². The Bertz CT molecular complexity index is 812. The molecule has 28 heavy (non-hydrogen) atoms. The van der Waals surface area contributed by atoms with Gasteiger partial charge in [-0.3, -0.25) is 20.0 Å². The lowest BCUT2D eigenvalue weighted by atomic mass is 10.1. The number of carbonyl (C=O) groups is 1. The summed E-state index contributed by atoms with van der Waals surface area (Å²) in [5, 5.41) is 6.16. The molecule has 1 aliphatic rings. The molecule has 0 aliphatic carbocycles. The maximum Gasteiger partial charge on any atom is 0.257 e. The number of hydrogen-bond acceptors (Lipinski definition) is 4. The second kappa shape index (κ2) is 10.0. The Morgan fingerprint density at radius 1 is 1.07 bits per heavy atom. The molecule has 0 radical (unpaired) electrons. The van der Waals surface area contributed by atoms with Crippen LogP contribution in [0.25, 0.3) is 0 Å². The lowest BCUT2D eigenvalue weighted by Gasteiger charge is -2.25. The van der Waals surface area contributed by atoms with E-state index in [9.17, 15) is 4.79 Å². The number of nitrogens with zero attached hydrogens (tertiary/aromatic N) is 2. The molecule has 0 spiro atoms. The highest BCUT2D eigenvalue weighted by molar-refractivity contribution is 6.09. The van der Waals surface area contributed by atoms with Crippen molar-refractivity contribution in [3.05, 3.63) is 65.2 Å². The van der Waals surface area contributed by atoms with Crippen LogP contribution in [0.3, 0.4) is 0 Å². The number of benzene rings is 2. The molecule has 0 atom stereocenters. The zero-order chi connectivity index (χ0) is 19.8. The number of guanidine groups is 1. The molecule has 2 aromatic carbocycles. The molecule has 1 heterocycles. The summed E-state index contributed by atoms with van der Waals surface area (Å²) in [5.41, 5.74) is 3.77. The number of ether oxygens (including phenoxy) is 1. The van der Waals surface area contributed by atoms with Gasteiger partial charge in [-0.15, -0.1) is 0 Å². The minimum atomic E-state index is -0.176. The summed E-state index contributed by atoms with van der Waals surface area (Å²) in [6, 6.07) is 15.5. The quantitative estimate of drug-likeness (QED) is 0.618. The van der Waals surface area contributed by atoms with E-state index in [1.54, 1.807) is 0 Å². The van der Waals surface area contributed by atoms with Crippen LogP contribution in [-0.2, 0) is 4.74 Å². The van der Waals surface area contributed by atoms with Gasteiger partial charge in [0.2, 0.25) is 5.96 Å². The van der Waals surface area contributed by atoms with E-state index >= 15 is 0 Å². The van der Waals surface area contributed by atoms with Crippen LogP contribution in [0.2, 0.25) is 0 Å². The van der Waals surface area contributed by atoms with Gasteiger partial charge in [-0.25, -0.2) is 0 Å². The number of carbonyl (C=O) groups excluding carboxylic acids is 1. The summed E-state index contributed by atoms with van der Waals surface area (Å²) in [7, 11) is 0. The van der Waals surface area contributed by atoms with Crippen molar-refractivity contribution >= 4 is 17.6 Å². The van der Waals surface area contributed by atoms with E-state index in [0.717, 1.165) is 49.7 Å². The molecule has 6 nitrogen and oxygen atoms in total. The largest absolute Gasteiger partial charge is 0.379 e. The molecule has 0 aromatic heterocycles. The number of anilines is 1. The van der Waals surface area contributed by atoms with Crippen LogP contribution in [0, 0.1) is 13.8 Å². The molecule has 2 N–H and O–H groups in total. The fourth-order valence-electron chi connectivity index (χ4n) is 2.98. The van der Waals surface area contributed by atoms with E-state index in [-0.39, 0.29) is 5.91 Å². The highest BCUT2D eigenvalue weighted by Crippen LogP contribution is 2.10. The van der Waals surface area contributed by atoms with Gasteiger partial charge < -0.3 is 10.1 Å². The maximum atomic E-state index is 12.6. The average Bonchev–Trinajstić information content (AvgIpc) is 2.69. The molecule has 1 saturated heterocycles. The number of rotatable bonds is 5. The summed E-state index contributed by atoms with van der Waals surface area (Å²) in [6.45, 7) is 8.85. The van der Waals surface area contributed by atoms with Gasteiger partial charge in [0.25, 0.3) is 5.91 Å². The van der Waals surface area contributed by atoms with E-state index in [1.165, 1.54) is 0 Å². The molecule has 1 aliphatic heterocycles. The summed E-state index contributed by atoms with van der Waals surface area (Å²) >= 11 is 0. The first-order chi connectivity index (χ1) is 13.6. The Morgan fingerprint density at radius 3 is 2.54 bits per heavy atom. The summed E-state index contributed by atoms with van der Waals surface area (Å²) in [5.74, 6) is 0.287. The molecule has 0 unspecified atom stereocenters. The predicted molar refractivity (Wildman–Crippen MR) is 113 cm³/mol. The molecule has 1 fully saturated rings. The Balaban J connectivity index is 1.68. The van der Waals surface area contributed by atoms with Gasteiger partial charge in [0.05, 0.1) is 19.8 Å². The van der Waals surface area contributed by atoms with Gasteiger partial charge in [-0.2, -0.15) is 0 Å². The maximum absolute atomic E-state index is 12.6. The van der Waals surface area contributed by atoms with Crippen molar-refractivity contribution in [2.45, 2.75) is 13.8 Å². The van der Waals surface area contributed by atoms with Crippen molar-refractivity contribution in [3.8, 4) is 0 Å². The average molecular weight is 380 g/mol. The number of aryl methyl sites for hydroxylation is 2. The zero-order valence-corrected chi connectivity index (χ0v) is 16.6. The molecular weight excluding hydrogens is 352 g/mol. The fraction of sp³-hybridized carbons (Fsp3) is 0.364. The Labute approximate surface area is 166 Å². The van der Waals surface area contributed by atoms with Gasteiger partial charge in [-0.1, -0.05) is 29.8 Å². The van der Waals surface area contributed by atoms with Crippen LogP contribution in [0.5, 0.6) is 0 Å². The Kier molecular flexibility index (Phi) is 7.17. The Hall–Kier alpha value is -2.70. The summed E-state index contributed by atoms with van der Waals surface area (Å²) < 4.78 is 5.38. The topological polar surface area (TPSA) is 66.0 Å². The molecule has 6 heteroatoms. The molecule has 2 aromatic rings. The molecule has 0 bridgehead atoms. The first-order valence-electron chi connectivity index (χ1n) is 9.66. The fourth-order valence-corrected chi connectivity index (χ4v) is 2.98.